The number of carbonyl (C=O) groups is 2. The van der Waals surface area contributed by atoms with Gasteiger partial charge in [-0.05, 0) is 39.3 Å². The molecular formula is C19H21BN2O8. The van der Waals surface area contributed by atoms with Gasteiger partial charge in [0, 0.05) is 11.0 Å². The number of aromatic nitrogens is 1. The first-order valence-corrected chi connectivity index (χ1v) is 8.98. The molecule has 0 amide bonds. The first-order chi connectivity index (χ1) is 13.8. The second-order valence-electron chi connectivity index (χ2n) is 7.96. The molecule has 2 heterocycles. The summed E-state index contributed by atoms with van der Waals surface area (Å²) in [6.07, 6.45) is 0. The van der Waals surface area contributed by atoms with Gasteiger partial charge in [0.25, 0.3) is 5.56 Å². The van der Waals surface area contributed by atoms with Gasteiger partial charge in [0.2, 0.25) is 0 Å². The van der Waals surface area contributed by atoms with Crippen molar-refractivity contribution in [2.45, 2.75) is 38.9 Å². The lowest BCUT2D eigenvalue weighted by Crippen LogP contribution is -2.41. The van der Waals surface area contributed by atoms with E-state index in [1.54, 1.807) is 0 Å². The Kier molecular flexibility index (Phi) is 4.91. The van der Waals surface area contributed by atoms with Crippen LogP contribution in [0.4, 0.5) is 5.82 Å². The van der Waals surface area contributed by atoms with Crippen LogP contribution in [-0.2, 0) is 9.31 Å². The minimum Gasteiger partial charge on any atom is -0.508 e. The van der Waals surface area contributed by atoms with Crippen molar-refractivity contribution >= 4 is 30.3 Å². The molecule has 2 aromatic rings. The summed E-state index contributed by atoms with van der Waals surface area (Å²) in [4.78, 5) is 37.8. The Morgan fingerprint density at radius 3 is 2.07 bits per heavy atom. The molecule has 1 aliphatic heterocycles. The first-order valence-electron chi connectivity index (χ1n) is 8.98. The number of aromatic hydroxyl groups is 1. The van der Waals surface area contributed by atoms with Crippen LogP contribution in [0.25, 0.3) is 11.1 Å². The lowest BCUT2D eigenvalue weighted by atomic mass is 9.76. The van der Waals surface area contributed by atoms with Crippen LogP contribution >= 0.6 is 0 Å². The summed E-state index contributed by atoms with van der Waals surface area (Å²) in [6, 6.07) is 3.85. The van der Waals surface area contributed by atoms with Crippen molar-refractivity contribution in [3.05, 3.63) is 39.7 Å². The highest BCUT2D eigenvalue weighted by Gasteiger charge is 2.52. The van der Waals surface area contributed by atoms with Crippen molar-refractivity contribution < 1.29 is 34.2 Å². The van der Waals surface area contributed by atoms with Gasteiger partial charge in [0.15, 0.2) is 0 Å². The van der Waals surface area contributed by atoms with Crippen molar-refractivity contribution in [2.75, 3.05) is 5.73 Å². The quantitative estimate of drug-likeness (QED) is 0.456. The Hall–Kier alpha value is -3.31. The summed E-state index contributed by atoms with van der Waals surface area (Å²) in [5.74, 6) is -3.84. The highest BCUT2D eigenvalue weighted by atomic mass is 16.7. The monoisotopic (exact) mass is 416 g/mol. The second-order valence-corrected chi connectivity index (χ2v) is 7.96. The number of phenols is 1. The SMILES string of the molecule is CC1(C)OB(c2cc(-c3c(C(=O)O)c(N)[nH]c(=O)c3C(=O)O)ccc2O)OC1(C)C. The number of H-pyrrole nitrogens is 1. The molecule has 0 radical (unpaired) electrons. The molecule has 30 heavy (non-hydrogen) atoms. The van der Waals surface area contributed by atoms with Crippen LogP contribution in [0.1, 0.15) is 48.4 Å². The third-order valence-electron chi connectivity index (χ3n) is 5.50. The molecule has 1 aliphatic rings. The van der Waals surface area contributed by atoms with Crippen molar-refractivity contribution in [2.24, 2.45) is 0 Å². The highest BCUT2D eigenvalue weighted by molar-refractivity contribution is 6.63. The van der Waals surface area contributed by atoms with Crippen molar-refractivity contribution in [1.29, 1.82) is 0 Å². The number of carboxylic acid groups (broad SMARTS) is 2. The van der Waals surface area contributed by atoms with Crippen LogP contribution in [0.2, 0.25) is 0 Å². The van der Waals surface area contributed by atoms with Gasteiger partial charge in [-0.2, -0.15) is 0 Å². The molecule has 3 rings (SSSR count). The molecule has 11 heteroatoms. The first kappa shape index (κ1) is 21.4. The largest absolute Gasteiger partial charge is 0.508 e. The van der Waals surface area contributed by atoms with Crippen LogP contribution in [0.3, 0.4) is 0 Å². The smallest absolute Gasteiger partial charge is 0.498 e. The molecule has 0 saturated carbocycles. The van der Waals surface area contributed by atoms with Gasteiger partial charge in [0.1, 0.15) is 22.7 Å². The number of anilines is 1. The third kappa shape index (κ3) is 3.31. The van der Waals surface area contributed by atoms with Crippen molar-refractivity contribution in [3.8, 4) is 16.9 Å². The summed E-state index contributed by atoms with van der Waals surface area (Å²) < 4.78 is 11.8. The summed E-state index contributed by atoms with van der Waals surface area (Å²) in [5, 5.41) is 29.5. The number of benzene rings is 1. The Labute approximate surface area is 171 Å². The fraction of sp³-hybridized carbons (Fsp3) is 0.316. The number of pyridine rings is 1. The van der Waals surface area contributed by atoms with Crippen LogP contribution in [0.15, 0.2) is 23.0 Å². The maximum atomic E-state index is 12.2. The van der Waals surface area contributed by atoms with Gasteiger partial charge in [-0.25, -0.2) is 9.59 Å². The summed E-state index contributed by atoms with van der Waals surface area (Å²) >= 11 is 0. The molecular weight excluding hydrogens is 395 g/mol. The summed E-state index contributed by atoms with van der Waals surface area (Å²) in [6.45, 7) is 7.26. The maximum Gasteiger partial charge on any atom is 0.498 e. The molecule has 0 unspecified atom stereocenters. The minimum absolute atomic E-state index is 0.0464. The van der Waals surface area contributed by atoms with Gasteiger partial charge in [0.05, 0.1) is 11.2 Å². The number of rotatable bonds is 4. The van der Waals surface area contributed by atoms with Crippen LogP contribution in [0, 0.1) is 0 Å². The van der Waals surface area contributed by atoms with Crippen molar-refractivity contribution in [3.63, 3.8) is 0 Å². The fourth-order valence-electron chi connectivity index (χ4n) is 3.20. The van der Waals surface area contributed by atoms with Crippen LogP contribution in [-0.4, -0.2) is 50.6 Å². The second kappa shape index (κ2) is 6.89. The number of carboxylic acids is 2. The van der Waals surface area contributed by atoms with Gasteiger partial charge in [-0.15, -0.1) is 0 Å². The van der Waals surface area contributed by atoms with E-state index in [2.05, 4.69) is 0 Å². The molecule has 1 fully saturated rings. The fourth-order valence-corrected chi connectivity index (χ4v) is 3.20. The number of aromatic amines is 1. The predicted molar refractivity (Wildman–Crippen MR) is 108 cm³/mol. The Bertz CT molecular complexity index is 1110. The number of nitrogen functional groups attached to an aromatic ring is 1. The molecule has 1 aromatic heterocycles. The molecule has 0 bridgehead atoms. The zero-order valence-electron chi connectivity index (χ0n) is 16.8. The maximum absolute atomic E-state index is 12.2. The Morgan fingerprint density at radius 1 is 1.03 bits per heavy atom. The number of nitrogens with one attached hydrogen (secondary N) is 1. The normalized spacial score (nSPS) is 17.1. The summed E-state index contributed by atoms with van der Waals surface area (Å²) in [7, 11) is -1.00. The van der Waals surface area contributed by atoms with E-state index >= 15 is 0 Å². The third-order valence-corrected chi connectivity index (χ3v) is 5.50. The minimum atomic E-state index is -1.63. The average Bonchev–Trinajstić information content (AvgIpc) is 2.81. The lowest BCUT2D eigenvalue weighted by molar-refractivity contribution is 0.00578. The van der Waals surface area contributed by atoms with E-state index < -0.39 is 52.8 Å². The number of aromatic carboxylic acids is 2. The highest BCUT2D eigenvalue weighted by Crippen LogP contribution is 2.38. The number of hydrogen-bond donors (Lipinski definition) is 5. The molecule has 1 aromatic carbocycles. The molecule has 6 N–H and O–H groups in total. The molecule has 1 saturated heterocycles. The zero-order valence-corrected chi connectivity index (χ0v) is 16.8. The topological polar surface area (TPSA) is 172 Å². The molecule has 10 nitrogen and oxygen atoms in total. The van der Waals surface area contributed by atoms with Gasteiger partial charge >= 0.3 is 19.1 Å². The van der Waals surface area contributed by atoms with E-state index in [0.29, 0.717) is 0 Å². The van der Waals surface area contributed by atoms with Crippen molar-refractivity contribution in [1.82, 2.24) is 4.98 Å². The molecule has 0 spiro atoms. The Balaban J connectivity index is 2.27. The predicted octanol–water partition coefficient (Wildman–Crippen LogP) is 1.03. The summed E-state index contributed by atoms with van der Waals surface area (Å²) in [5.41, 5.74) is 1.64. The Morgan fingerprint density at radius 2 is 1.57 bits per heavy atom. The standard InChI is InChI=1S/C19H21BN2O8/c1-18(2)19(3,4)30-20(29-18)9-7-8(5-6-10(9)23)11-12(16(25)26)14(21)22-15(24)13(11)17(27)28/h5-7,23H,1-4H3,(H,25,26)(H,27,28)(H3,21,22,24). The average molecular weight is 416 g/mol. The van der Waals surface area contributed by atoms with Crippen LogP contribution in [0.5, 0.6) is 5.75 Å². The van der Waals surface area contributed by atoms with E-state index in [9.17, 15) is 29.7 Å². The number of nitrogens with two attached hydrogens (primary N) is 1. The van der Waals surface area contributed by atoms with E-state index in [0.717, 1.165) is 0 Å². The number of phenolic OH excluding ortho intramolecular Hbond substituents is 1. The molecule has 0 atom stereocenters. The van der Waals surface area contributed by atoms with Gasteiger partial charge < -0.3 is 35.3 Å². The van der Waals surface area contributed by atoms with E-state index in [1.807, 2.05) is 32.7 Å². The van der Waals surface area contributed by atoms with E-state index in [1.165, 1.54) is 18.2 Å². The number of hydrogen-bond acceptors (Lipinski definition) is 7. The van der Waals surface area contributed by atoms with Crippen LogP contribution < -0.4 is 16.8 Å². The van der Waals surface area contributed by atoms with E-state index in [-0.39, 0.29) is 22.3 Å². The zero-order chi connectivity index (χ0) is 22.6. The molecule has 158 valence electrons. The van der Waals surface area contributed by atoms with Gasteiger partial charge in [-0.1, -0.05) is 12.1 Å². The van der Waals surface area contributed by atoms with E-state index in [4.69, 9.17) is 15.0 Å². The lowest BCUT2D eigenvalue weighted by Gasteiger charge is -2.32. The van der Waals surface area contributed by atoms with Gasteiger partial charge in [-0.3, -0.25) is 4.79 Å². The molecule has 0 aliphatic carbocycles.